The standard InChI is InChI=1S/C16H13N3O3/c20-16(14-8-2-1-3-9-14)18-17-11-5-7-13-6-4-10-15(12-13)19(21)22/h1-12H,(H,18,20). The van der Waals surface area contributed by atoms with Crippen molar-refractivity contribution in [3.8, 4) is 0 Å². The van der Waals surface area contributed by atoms with Gasteiger partial charge in [-0.3, -0.25) is 14.9 Å². The number of benzene rings is 2. The molecule has 0 fully saturated rings. The Hall–Kier alpha value is -3.28. The molecule has 22 heavy (non-hydrogen) atoms. The van der Waals surface area contributed by atoms with Gasteiger partial charge in [0.05, 0.1) is 4.92 Å². The van der Waals surface area contributed by atoms with Crippen LogP contribution in [0.4, 0.5) is 5.69 Å². The van der Waals surface area contributed by atoms with E-state index in [1.807, 2.05) is 6.07 Å². The number of allylic oxidation sites excluding steroid dienone is 1. The molecule has 0 unspecified atom stereocenters. The Kier molecular flexibility index (Phi) is 5.15. The Morgan fingerprint density at radius 2 is 1.91 bits per heavy atom. The summed E-state index contributed by atoms with van der Waals surface area (Å²) in [6.07, 6.45) is 4.65. The van der Waals surface area contributed by atoms with Crippen LogP contribution in [0.2, 0.25) is 0 Å². The maximum Gasteiger partial charge on any atom is 0.271 e. The summed E-state index contributed by atoms with van der Waals surface area (Å²) in [4.78, 5) is 21.9. The molecule has 0 aliphatic heterocycles. The molecular formula is C16H13N3O3. The van der Waals surface area contributed by atoms with Crippen LogP contribution in [0.3, 0.4) is 0 Å². The number of rotatable bonds is 5. The molecule has 2 aromatic rings. The van der Waals surface area contributed by atoms with Gasteiger partial charge in [0.2, 0.25) is 0 Å². The fourth-order valence-electron chi connectivity index (χ4n) is 1.69. The van der Waals surface area contributed by atoms with E-state index in [1.54, 1.807) is 48.6 Å². The van der Waals surface area contributed by atoms with E-state index in [1.165, 1.54) is 18.3 Å². The molecule has 0 aliphatic carbocycles. The van der Waals surface area contributed by atoms with Crippen LogP contribution in [0.25, 0.3) is 6.08 Å². The molecule has 0 atom stereocenters. The summed E-state index contributed by atoms with van der Waals surface area (Å²) in [6.45, 7) is 0. The van der Waals surface area contributed by atoms with Crippen molar-refractivity contribution in [2.75, 3.05) is 0 Å². The third-order valence-electron chi connectivity index (χ3n) is 2.73. The van der Waals surface area contributed by atoms with Crippen LogP contribution in [0.5, 0.6) is 0 Å². The minimum atomic E-state index is -0.453. The molecule has 0 heterocycles. The lowest BCUT2D eigenvalue weighted by Crippen LogP contribution is -2.16. The van der Waals surface area contributed by atoms with E-state index in [2.05, 4.69) is 10.5 Å². The summed E-state index contributed by atoms with van der Waals surface area (Å²) in [7, 11) is 0. The van der Waals surface area contributed by atoms with Crippen molar-refractivity contribution in [3.05, 3.63) is 81.9 Å². The molecule has 0 aliphatic rings. The molecule has 1 amide bonds. The highest BCUT2D eigenvalue weighted by Crippen LogP contribution is 2.13. The molecular weight excluding hydrogens is 282 g/mol. The lowest BCUT2D eigenvalue weighted by atomic mass is 10.2. The summed E-state index contributed by atoms with van der Waals surface area (Å²) in [5.41, 5.74) is 3.60. The highest BCUT2D eigenvalue weighted by Gasteiger charge is 2.03. The SMILES string of the molecule is O=C(NN=CC=Cc1cccc([N+](=O)[O-])c1)c1ccccc1. The largest absolute Gasteiger partial charge is 0.271 e. The predicted molar refractivity (Wildman–Crippen MR) is 84.5 cm³/mol. The van der Waals surface area contributed by atoms with Gasteiger partial charge >= 0.3 is 0 Å². The van der Waals surface area contributed by atoms with E-state index in [9.17, 15) is 14.9 Å². The monoisotopic (exact) mass is 295 g/mol. The van der Waals surface area contributed by atoms with Crippen molar-refractivity contribution >= 4 is 23.9 Å². The molecule has 1 N–H and O–H groups in total. The first-order valence-electron chi connectivity index (χ1n) is 6.46. The van der Waals surface area contributed by atoms with Gasteiger partial charge in [0.15, 0.2) is 0 Å². The number of hydrazone groups is 1. The van der Waals surface area contributed by atoms with Crippen LogP contribution in [0.15, 0.2) is 65.8 Å². The second kappa shape index (κ2) is 7.49. The number of nitrogens with one attached hydrogen (secondary N) is 1. The van der Waals surface area contributed by atoms with Crippen molar-refractivity contribution < 1.29 is 9.72 Å². The summed E-state index contributed by atoms with van der Waals surface area (Å²) in [6, 6.07) is 14.9. The van der Waals surface area contributed by atoms with Gasteiger partial charge in [-0.2, -0.15) is 5.10 Å². The second-order valence-electron chi connectivity index (χ2n) is 4.30. The van der Waals surface area contributed by atoms with Crippen molar-refractivity contribution in [1.29, 1.82) is 0 Å². The molecule has 0 radical (unpaired) electrons. The molecule has 0 saturated heterocycles. The van der Waals surface area contributed by atoms with Crippen molar-refractivity contribution in [2.24, 2.45) is 5.10 Å². The van der Waals surface area contributed by atoms with Gasteiger partial charge in [-0.05, 0) is 23.8 Å². The van der Waals surface area contributed by atoms with Gasteiger partial charge in [-0.15, -0.1) is 0 Å². The number of hydrogen-bond acceptors (Lipinski definition) is 4. The first-order chi connectivity index (χ1) is 10.7. The highest BCUT2D eigenvalue weighted by molar-refractivity contribution is 5.94. The average Bonchev–Trinajstić information content (AvgIpc) is 2.55. The smallest absolute Gasteiger partial charge is 0.267 e. The average molecular weight is 295 g/mol. The van der Waals surface area contributed by atoms with Crippen LogP contribution in [0.1, 0.15) is 15.9 Å². The number of nitro groups is 1. The predicted octanol–water partition coefficient (Wildman–Crippen LogP) is 3.02. The van der Waals surface area contributed by atoms with Crippen LogP contribution < -0.4 is 5.43 Å². The minimum absolute atomic E-state index is 0.0245. The topological polar surface area (TPSA) is 84.6 Å². The zero-order chi connectivity index (χ0) is 15.8. The van der Waals surface area contributed by atoms with E-state index in [0.717, 1.165) is 0 Å². The lowest BCUT2D eigenvalue weighted by molar-refractivity contribution is -0.384. The van der Waals surface area contributed by atoms with Gasteiger partial charge in [0.25, 0.3) is 11.6 Å². The number of carbonyl (C=O) groups is 1. The number of hydrogen-bond donors (Lipinski definition) is 1. The Balaban J connectivity index is 1.91. The normalized spacial score (nSPS) is 10.9. The molecule has 110 valence electrons. The lowest BCUT2D eigenvalue weighted by Gasteiger charge is -1.97. The number of nitrogens with zero attached hydrogens (tertiary/aromatic N) is 2. The Labute approximate surface area is 126 Å². The van der Waals surface area contributed by atoms with Crippen molar-refractivity contribution in [2.45, 2.75) is 0 Å². The summed E-state index contributed by atoms with van der Waals surface area (Å²) < 4.78 is 0. The molecule has 0 bridgehead atoms. The highest BCUT2D eigenvalue weighted by atomic mass is 16.6. The number of amides is 1. The first-order valence-corrected chi connectivity index (χ1v) is 6.46. The van der Waals surface area contributed by atoms with Gasteiger partial charge in [0.1, 0.15) is 0 Å². The fraction of sp³-hybridized carbons (Fsp3) is 0. The van der Waals surface area contributed by atoms with E-state index in [0.29, 0.717) is 11.1 Å². The van der Waals surface area contributed by atoms with Crippen molar-refractivity contribution in [3.63, 3.8) is 0 Å². The van der Waals surface area contributed by atoms with Crippen LogP contribution in [0, 0.1) is 10.1 Å². The Morgan fingerprint density at radius 1 is 1.14 bits per heavy atom. The van der Waals surface area contributed by atoms with Crippen LogP contribution in [-0.4, -0.2) is 17.0 Å². The Morgan fingerprint density at radius 3 is 2.64 bits per heavy atom. The molecule has 6 heteroatoms. The fourth-order valence-corrected chi connectivity index (χ4v) is 1.69. The zero-order valence-corrected chi connectivity index (χ0v) is 11.5. The van der Waals surface area contributed by atoms with E-state index >= 15 is 0 Å². The van der Waals surface area contributed by atoms with Crippen LogP contribution in [-0.2, 0) is 0 Å². The van der Waals surface area contributed by atoms with Gasteiger partial charge in [-0.1, -0.05) is 36.4 Å². The Bertz CT molecular complexity index is 724. The summed E-state index contributed by atoms with van der Waals surface area (Å²) >= 11 is 0. The molecule has 0 spiro atoms. The maximum absolute atomic E-state index is 11.7. The van der Waals surface area contributed by atoms with Gasteiger partial charge in [0, 0.05) is 23.9 Å². The maximum atomic E-state index is 11.7. The van der Waals surface area contributed by atoms with E-state index in [-0.39, 0.29) is 11.6 Å². The molecule has 6 nitrogen and oxygen atoms in total. The molecule has 2 aromatic carbocycles. The quantitative estimate of drug-likeness (QED) is 0.522. The van der Waals surface area contributed by atoms with Gasteiger partial charge < -0.3 is 0 Å². The molecule has 2 rings (SSSR count). The molecule has 0 aromatic heterocycles. The number of nitro benzene ring substituents is 1. The van der Waals surface area contributed by atoms with Gasteiger partial charge in [-0.25, -0.2) is 5.43 Å². The van der Waals surface area contributed by atoms with Crippen LogP contribution >= 0.6 is 0 Å². The first kappa shape index (κ1) is 15.1. The second-order valence-corrected chi connectivity index (χ2v) is 4.30. The summed E-state index contributed by atoms with van der Waals surface area (Å²) in [5, 5.41) is 14.4. The van der Waals surface area contributed by atoms with E-state index < -0.39 is 4.92 Å². The minimum Gasteiger partial charge on any atom is -0.267 e. The van der Waals surface area contributed by atoms with Crippen molar-refractivity contribution in [1.82, 2.24) is 5.43 Å². The number of carbonyl (C=O) groups excluding carboxylic acids is 1. The summed E-state index contributed by atoms with van der Waals surface area (Å²) in [5.74, 6) is -0.305. The zero-order valence-electron chi connectivity index (χ0n) is 11.5. The number of non-ortho nitro benzene ring substituents is 1. The third kappa shape index (κ3) is 4.38. The van der Waals surface area contributed by atoms with E-state index in [4.69, 9.17) is 0 Å². The molecule has 0 saturated carbocycles. The third-order valence-corrected chi connectivity index (χ3v) is 2.73.